The smallest absolute Gasteiger partial charge is 0.199 e. The van der Waals surface area contributed by atoms with E-state index in [1.54, 1.807) is 18.9 Å². The number of rotatable bonds is 8. The number of ether oxygens (including phenoxy) is 2. The van der Waals surface area contributed by atoms with E-state index in [-0.39, 0.29) is 5.78 Å². The van der Waals surface area contributed by atoms with Gasteiger partial charge in [0.1, 0.15) is 18.6 Å². The van der Waals surface area contributed by atoms with Crippen molar-refractivity contribution in [1.29, 1.82) is 0 Å². The highest BCUT2D eigenvalue weighted by Crippen LogP contribution is 2.50. The van der Waals surface area contributed by atoms with E-state index in [2.05, 4.69) is 21.1 Å². The van der Waals surface area contributed by atoms with Crippen LogP contribution in [-0.2, 0) is 4.74 Å². The average molecular weight is 412 g/mol. The van der Waals surface area contributed by atoms with Gasteiger partial charge in [-0.05, 0) is 52.6 Å². The molecule has 0 saturated heterocycles. The standard InChI is InChI=1S/C17H18BrNO4S/c1-21-5-6-22-16-14(18)13(15(20)11-8-19-23-9-11)7-12(10-3-4-10)17(16)24-2/h7-10H,3-6H2,1-2H3. The van der Waals surface area contributed by atoms with E-state index in [4.69, 9.17) is 14.0 Å². The van der Waals surface area contributed by atoms with Crippen molar-refractivity contribution < 1.29 is 18.8 Å². The number of nitrogens with zero attached hydrogens (tertiary/aromatic N) is 1. The molecule has 0 N–H and O–H groups in total. The summed E-state index contributed by atoms with van der Waals surface area (Å²) in [6.45, 7) is 0.917. The molecule has 0 aliphatic heterocycles. The molecule has 1 aromatic heterocycles. The number of carbonyl (C=O) groups excluding carboxylic acids is 1. The first kappa shape index (κ1) is 17.5. The van der Waals surface area contributed by atoms with Crippen molar-refractivity contribution in [3.05, 3.63) is 39.7 Å². The second-order valence-electron chi connectivity index (χ2n) is 5.55. The zero-order valence-corrected chi connectivity index (χ0v) is 15.9. The van der Waals surface area contributed by atoms with Crippen molar-refractivity contribution in [1.82, 2.24) is 5.16 Å². The molecule has 2 aromatic rings. The Balaban J connectivity index is 2.06. The summed E-state index contributed by atoms with van der Waals surface area (Å²) in [5, 5.41) is 3.62. The lowest BCUT2D eigenvalue weighted by Gasteiger charge is -2.18. The molecule has 1 heterocycles. The molecule has 1 saturated carbocycles. The molecule has 1 fully saturated rings. The Morgan fingerprint density at radius 3 is 2.83 bits per heavy atom. The summed E-state index contributed by atoms with van der Waals surface area (Å²) >= 11 is 5.21. The second-order valence-corrected chi connectivity index (χ2v) is 7.16. The van der Waals surface area contributed by atoms with Crippen LogP contribution in [0.25, 0.3) is 0 Å². The Kier molecular flexibility index (Phi) is 5.63. The molecule has 0 bridgehead atoms. The van der Waals surface area contributed by atoms with Gasteiger partial charge in [-0.25, -0.2) is 0 Å². The third kappa shape index (κ3) is 3.53. The summed E-state index contributed by atoms with van der Waals surface area (Å²) in [5.41, 5.74) is 2.18. The van der Waals surface area contributed by atoms with E-state index in [0.29, 0.717) is 40.5 Å². The lowest BCUT2D eigenvalue weighted by molar-refractivity contribution is 0.103. The minimum absolute atomic E-state index is 0.130. The van der Waals surface area contributed by atoms with E-state index in [1.807, 2.05) is 12.3 Å². The van der Waals surface area contributed by atoms with Crippen LogP contribution in [0.15, 0.2) is 32.4 Å². The van der Waals surface area contributed by atoms with Gasteiger partial charge in [0.15, 0.2) is 5.78 Å². The maximum absolute atomic E-state index is 12.8. The second kappa shape index (κ2) is 7.72. The minimum Gasteiger partial charge on any atom is -0.489 e. The van der Waals surface area contributed by atoms with Crippen LogP contribution in [0.3, 0.4) is 0 Å². The highest BCUT2D eigenvalue weighted by molar-refractivity contribution is 9.10. The lowest BCUT2D eigenvalue weighted by Crippen LogP contribution is -2.09. The van der Waals surface area contributed by atoms with Crippen molar-refractivity contribution >= 4 is 33.5 Å². The molecule has 0 atom stereocenters. The fraction of sp³-hybridized carbons (Fsp3) is 0.412. The van der Waals surface area contributed by atoms with Gasteiger partial charge in [-0.15, -0.1) is 11.8 Å². The Labute approximate surface area is 153 Å². The number of halogens is 1. The van der Waals surface area contributed by atoms with Gasteiger partial charge in [-0.2, -0.15) is 0 Å². The van der Waals surface area contributed by atoms with Crippen molar-refractivity contribution in [2.75, 3.05) is 26.6 Å². The summed E-state index contributed by atoms with van der Waals surface area (Å²) in [4.78, 5) is 13.9. The van der Waals surface area contributed by atoms with Gasteiger partial charge in [-0.3, -0.25) is 4.79 Å². The summed E-state index contributed by atoms with van der Waals surface area (Å²) < 4.78 is 16.5. The fourth-order valence-corrected chi connectivity index (χ4v) is 4.09. The normalized spacial score (nSPS) is 14.0. The largest absolute Gasteiger partial charge is 0.489 e. The Morgan fingerprint density at radius 1 is 1.46 bits per heavy atom. The molecule has 0 spiro atoms. The van der Waals surface area contributed by atoms with Crippen LogP contribution in [0.5, 0.6) is 5.75 Å². The van der Waals surface area contributed by atoms with E-state index in [9.17, 15) is 4.79 Å². The zero-order valence-electron chi connectivity index (χ0n) is 13.5. The first-order chi connectivity index (χ1) is 11.7. The predicted octanol–water partition coefficient (Wildman–Crippen LogP) is 4.29. The van der Waals surface area contributed by atoms with E-state index < -0.39 is 0 Å². The van der Waals surface area contributed by atoms with Crippen LogP contribution in [0.1, 0.15) is 40.2 Å². The number of methoxy groups -OCH3 is 1. The van der Waals surface area contributed by atoms with Gasteiger partial charge in [-0.1, -0.05) is 5.16 Å². The van der Waals surface area contributed by atoms with Gasteiger partial charge in [0.25, 0.3) is 0 Å². The molecular formula is C17H18BrNO4S. The summed E-state index contributed by atoms with van der Waals surface area (Å²) in [7, 11) is 1.63. The van der Waals surface area contributed by atoms with Crippen LogP contribution in [0.4, 0.5) is 0 Å². The van der Waals surface area contributed by atoms with Gasteiger partial charge < -0.3 is 14.0 Å². The van der Waals surface area contributed by atoms with Crippen molar-refractivity contribution in [2.24, 2.45) is 0 Å². The first-order valence-corrected chi connectivity index (χ1v) is 9.65. The van der Waals surface area contributed by atoms with E-state index >= 15 is 0 Å². The van der Waals surface area contributed by atoms with Gasteiger partial charge in [0.2, 0.25) is 0 Å². The Bertz CT molecular complexity index is 729. The molecular weight excluding hydrogens is 394 g/mol. The van der Waals surface area contributed by atoms with Crippen LogP contribution in [-0.4, -0.2) is 37.5 Å². The average Bonchev–Trinajstić information content (AvgIpc) is 3.29. The van der Waals surface area contributed by atoms with Gasteiger partial charge in [0, 0.05) is 12.7 Å². The lowest BCUT2D eigenvalue weighted by atomic mass is 10.0. The third-order valence-electron chi connectivity index (χ3n) is 3.90. The summed E-state index contributed by atoms with van der Waals surface area (Å²) in [6.07, 6.45) is 7.11. The summed E-state index contributed by atoms with van der Waals surface area (Å²) in [5.74, 6) is 1.08. The molecule has 1 aromatic carbocycles. The molecule has 0 radical (unpaired) electrons. The predicted molar refractivity (Wildman–Crippen MR) is 95.2 cm³/mol. The number of carbonyl (C=O) groups is 1. The van der Waals surface area contributed by atoms with E-state index in [1.165, 1.54) is 18.0 Å². The number of aromatic nitrogens is 1. The SMILES string of the molecule is COCCOc1c(Br)c(C(=O)c2cnoc2)cc(C2CC2)c1SC. The third-order valence-corrected chi connectivity index (χ3v) is 5.52. The Hall–Kier alpha value is -1.31. The van der Waals surface area contributed by atoms with Crippen LogP contribution in [0.2, 0.25) is 0 Å². The van der Waals surface area contributed by atoms with Gasteiger partial charge >= 0.3 is 0 Å². The molecule has 0 unspecified atom stereocenters. The fourth-order valence-electron chi connectivity index (χ4n) is 2.54. The Morgan fingerprint density at radius 2 is 2.25 bits per heavy atom. The van der Waals surface area contributed by atoms with Crippen molar-refractivity contribution in [3.63, 3.8) is 0 Å². The monoisotopic (exact) mass is 411 g/mol. The van der Waals surface area contributed by atoms with Crippen LogP contribution >= 0.6 is 27.7 Å². The zero-order chi connectivity index (χ0) is 17.1. The van der Waals surface area contributed by atoms with Gasteiger partial charge in [0.05, 0.1) is 27.7 Å². The van der Waals surface area contributed by atoms with Crippen LogP contribution in [0, 0.1) is 0 Å². The number of hydrogen-bond acceptors (Lipinski definition) is 6. The summed E-state index contributed by atoms with van der Waals surface area (Å²) in [6, 6.07) is 1.98. The number of ketones is 1. The number of hydrogen-bond donors (Lipinski definition) is 0. The maximum Gasteiger partial charge on any atom is 0.199 e. The maximum atomic E-state index is 12.8. The van der Waals surface area contributed by atoms with Crippen molar-refractivity contribution in [3.8, 4) is 5.75 Å². The minimum atomic E-state index is -0.130. The number of benzene rings is 1. The highest BCUT2D eigenvalue weighted by atomic mass is 79.9. The van der Waals surface area contributed by atoms with Crippen molar-refractivity contribution in [2.45, 2.75) is 23.7 Å². The van der Waals surface area contributed by atoms with Crippen LogP contribution < -0.4 is 4.74 Å². The molecule has 5 nitrogen and oxygen atoms in total. The highest BCUT2D eigenvalue weighted by Gasteiger charge is 2.31. The molecule has 3 rings (SSSR count). The number of thioether (sulfide) groups is 1. The van der Waals surface area contributed by atoms with E-state index in [0.717, 1.165) is 17.7 Å². The molecule has 7 heteroatoms. The first-order valence-electron chi connectivity index (χ1n) is 7.63. The molecule has 24 heavy (non-hydrogen) atoms. The molecule has 128 valence electrons. The molecule has 1 aliphatic rings. The molecule has 0 amide bonds. The topological polar surface area (TPSA) is 61.6 Å². The molecule has 1 aliphatic carbocycles. The quantitative estimate of drug-likeness (QED) is 0.366.